The maximum atomic E-state index is 11.4. The van der Waals surface area contributed by atoms with Crippen LogP contribution in [0.15, 0.2) is 30.3 Å². The van der Waals surface area contributed by atoms with Gasteiger partial charge in [0.2, 0.25) is 0 Å². The van der Waals surface area contributed by atoms with E-state index in [1.54, 1.807) is 0 Å². The van der Waals surface area contributed by atoms with E-state index in [0.29, 0.717) is 32.6 Å². The van der Waals surface area contributed by atoms with Crippen molar-refractivity contribution in [1.82, 2.24) is 15.1 Å². The van der Waals surface area contributed by atoms with E-state index in [1.165, 1.54) is 4.90 Å². The van der Waals surface area contributed by atoms with Crippen LogP contribution >= 0.6 is 0 Å². The highest BCUT2D eigenvalue weighted by Crippen LogP contribution is 2.06. The minimum absolute atomic E-state index is 0.258. The molecule has 8 nitrogen and oxygen atoms in total. The molecule has 1 aromatic carbocycles. The molecule has 1 atom stereocenters. The number of aliphatic hydroxyl groups is 1. The smallest absolute Gasteiger partial charge is 0.407 e. The second-order valence-electron chi connectivity index (χ2n) is 5.87. The highest BCUT2D eigenvalue weighted by molar-refractivity contribution is 5.64. The predicted molar refractivity (Wildman–Crippen MR) is 98.1 cm³/mol. The van der Waals surface area contributed by atoms with Crippen molar-refractivity contribution in [3.05, 3.63) is 35.9 Å². The Bertz CT molecular complexity index is 469. The van der Waals surface area contributed by atoms with Gasteiger partial charge in [-0.25, -0.2) is 4.79 Å². The van der Waals surface area contributed by atoms with Gasteiger partial charge in [0.15, 0.2) is 0 Å². The van der Waals surface area contributed by atoms with E-state index in [2.05, 4.69) is 10.2 Å². The average Bonchev–Trinajstić information content (AvgIpc) is 2.59. The molecule has 0 aliphatic rings. The van der Waals surface area contributed by atoms with Crippen molar-refractivity contribution >= 4 is 6.09 Å². The lowest BCUT2D eigenvalue weighted by Crippen LogP contribution is -2.42. The Morgan fingerprint density at radius 2 is 1.72 bits per heavy atom. The van der Waals surface area contributed by atoms with Crippen molar-refractivity contribution in [3.63, 3.8) is 0 Å². The molecule has 8 heteroatoms. The maximum Gasteiger partial charge on any atom is 0.407 e. The molecule has 0 saturated heterocycles. The quantitative estimate of drug-likeness (QED) is 0.308. The maximum absolute atomic E-state index is 11.4. The van der Waals surface area contributed by atoms with E-state index in [-0.39, 0.29) is 6.54 Å². The first-order valence-electron chi connectivity index (χ1n) is 8.62. The van der Waals surface area contributed by atoms with Gasteiger partial charge in [0.25, 0.3) is 0 Å². The van der Waals surface area contributed by atoms with Gasteiger partial charge >= 0.3 is 6.09 Å². The Hall–Kier alpha value is -1.71. The standard InChI is InChI=1S/C17H31N5O3/c18-7-11-21(12-8-19)13-9-20-16(23)6-10-22(17(24)25)14-15-4-2-1-3-5-15/h1-5,16,20,23H,6-14,18-19H2,(H,24,25). The van der Waals surface area contributed by atoms with Gasteiger partial charge in [-0.05, 0) is 5.56 Å². The molecule has 142 valence electrons. The topological polar surface area (TPSA) is 128 Å². The lowest BCUT2D eigenvalue weighted by Gasteiger charge is -2.23. The van der Waals surface area contributed by atoms with E-state index in [1.807, 2.05) is 30.3 Å². The van der Waals surface area contributed by atoms with Crippen LogP contribution in [0, 0.1) is 0 Å². The molecule has 0 aliphatic carbocycles. The first kappa shape index (κ1) is 21.3. The largest absolute Gasteiger partial charge is 0.465 e. The molecule has 1 unspecified atom stereocenters. The third-order valence-electron chi connectivity index (χ3n) is 3.86. The van der Waals surface area contributed by atoms with Gasteiger partial charge in [-0.1, -0.05) is 30.3 Å². The number of amides is 1. The Kier molecular flexibility index (Phi) is 10.8. The Labute approximate surface area is 149 Å². The zero-order valence-electron chi connectivity index (χ0n) is 14.7. The van der Waals surface area contributed by atoms with Gasteiger partial charge in [-0.3, -0.25) is 10.2 Å². The third kappa shape index (κ3) is 9.37. The number of benzene rings is 1. The highest BCUT2D eigenvalue weighted by Gasteiger charge is 2.14. The molecule has 0 aromatic heterocycles. The first-order chi connectivity index (χ1) is 12.1. The Morgan fingerprint density at radius 3 is 2.28 bits per heavy atom. The van der Waals surface area contributed by atoms with Crippen LogP contribution in [0.4, 0.5) is 4.79 Å². The molecule has 1 rings (SSSR count). The van der Waals surface area contributed by atoms with Crippen LogP contribution in [0.5, 0.6) is 0 Å². The highest BCUT2D eigenvalue weighted by atomic mass is 16.4. The van der Waals surface area contributed by atoms with Crippen molar-refractivity contribution < 1.29 is 15.0 Å². The van der Waals surface area contributed by atoms with Crippen molar-refractivity contribution in [2.24, 2.45) is 11.5 Å². The second kappa shape index (κ2) is 12.6. The summed E-state index contributed by atoms with van der Waals surface area (Å²) in [6.45, 7) is 4.55. The van der Waals surface area contributed by atoms with Gasteiger partial charge in [0.05, 0.1) is 0 Å². The van der Waals surface area contributed by atoms with E-state index in [4.69, 9.17) is 11.5 Å². The molecule has 0 heterocycles. The minimum Gasteiger partial charge on any atom is -0.465 e. The van der Waals surface area contributed by atoms with Crippen molar-refractivity contribution in [2.45, 2.75) is 19.2 Å². The van der Waals surface area contributed by atoms with E-state index in [0.717, 1.165) is 25.2 Å². The fourth-order valence-corrected chi connectivity index (χ4v) is 2.52. The van der Waals surface area contributed by atoms with Gasteiger partial charge in [-0.15, -0.1) is 0 Å². The molecule has 0 radical (unpaired) electrons. The summed E-state index contributed by atoms with van der Waals surface area (Å²) in [5.74, 6) is 0. The summed E-state index contributed by atoms with van der Waals surface area (Å²) in [6, 6.07) is 9.41. The van der Waals surface area contributed by atoms with Crippen LogP contribution in [0.25, 0.3) is 0 Å². The van der Waals surface area contributed by atoms with Crippen LogP contribution in [-0.2, 0) is 6.54 Å². The number of nitrogens with zero attached hydrogens (tertiary/aromatic N) is 2. The number of carbonyl (C=O) groups is 1. The summed E-state index contributed by atoms with van der Waals surface area (Å²) in [5.41, 5.74) is 12.0. The summed E-state index contributed by atoms with van der Waals surface area (Å²) in [5, 5.41) is 22.3. The number of hydrogen-bond acceptors (Lipinski definition) is 6. The zero-order chi connectivity index (χ0) is 18.5. The van der Waals surface area contributed by atoms with Crippen LogP contribution in [0.2, 0.25) is 0 Å². The summed E-state index contributed by atoms with van der Waals surface area (Å²) in [6.07, 6.45) is -1.42. The molecule has 0 fully saturated rings. The Balaban J connectivity index is 2.32. The first-order valence-corrected chi connectivity index (χ1v) is 8.62. The second-order valence-corrected chi connectivity index (χ2v) is 5.87. The monoisotopic (exact) mass is 353 g/mol. The lowest BCUT2D eigenvalue weighted by molar-refractivity contribution is 0.0978. The van der Waals surface area contributed by atoms with Crippen LogP contribution in [0.1, 0.15) is 12.0 Å². The number of rotatable bonds is 13. The molecule has 25 heavy (non-hydrogen) atoms. The average molecular weight is 353 g/mol. The van der Waals surface area contributed by atoms with Gasteiger partial charge in [-0.2, -0.15) is 0 Å². The molecular weight excluding hydrogens is 322 g/mol. The van der Waals surface area contributed by atoms with Crippen LogP contribution in [0.3, 0.4) is 0 Å². The van der Waals surface area contributed by atoms with Crippen molar-refractivity contribution in [1.29, 1.82) is 0 Å². The number of nitrogens with two attached hydrogens (primary N) is 2. The fraction of sp³-hybridized carbons (Fsp3) is 0.588. The number of nitrogens with one attached hydrogen (secondary N) is 1. The number of hydrogen-bond donors (Lipinski definition) is 5. The molecule has 1 amide bonds. The normalized spacial score (nSPS) is 12.3. The molecular formula is C17H31N5O3. The molecule has 7 N–H and O–H groups in total. The fourth-order valence-electron chi connectivity index (χ4n) is 2.52. The van der Waals surface area contributed by atoms with Gasteiger partial charge < -0.3 is 26.6 Å². The lowest BCUT2D eigenvalue weighted by atomic mass is 10.2. The predicted octanol–water partition coefficient (Wildman–Crippen LogP) is -0.316. The van der Waals surface area contributed by atoms with Gasteiger partial charge in [0.1, 0.15) is 6.23 Å². The minimum atomic E-state index is -0.992. The molecule has 0 spiro atoms. The van der Waals surface area contributed by atoms with E-state index < -0.39 is 12.3 Å². The van der Waals surface area contributed by atoms with Crippen molar-refractivity contribution in [3.8, 4) is 0 Å². The Morgan fingerprint density at radius 1 is 1.08 bits per heavy atom. The number of aliphatic hydroxyl groups excluding tert-OH is 1. The molecule has 0 aliphatic heterocycles. The molecule has 0 saturated carbocycles. The van der Waals surface area contributed by atoms with Crippen molar-refractivity contribution in [2.75, 3.05) is 45.8 Å². The van der Waals surface area contributed by atoms with Crippen LogP contribution < -0.4 is 16.8 Å². The summed E-state index contributed by atoms with van der Waals surface area (Å²) < 4.78 is 0. The van der Waals surface area contributed by atoms with Crippen LogP contribution in [-0.4, -0.2) is 78.1 Å². The zero-order valence-corrected chi connectivity index (χ0v) is 14.7. The third-order valence-corrected chi connectivity index (χ3v) is 3.86. The molecule has 0 bridgehead atoms. The van der Waals surface area contributed by atoms with E-state index >= 15 is 0 Å². The van der Waals surface area contributed by atoms with E-state index in [9.17, 15) is 15.0 Å². The SMILES string of the molecule is NCCN(CCN)CCNC(O)CCN(Cc1ccccc1)C(=O)O. The molecule has 1 aromatic rings. The summed E-state index contributed by atoms with van der Waals surface area (Å²) in [4.78, 5) is 14.8. The number of carboxylic acid groups (broad SMARTS) is 1. The summed E-state index contributed by atoms with van der Waals surface area (Å²) >= 11 is 0. The van der Waals surface area contributed by atoms with Gasteiger partial charge in [0, 0.05) is 58.8 Å². The summed E-state index contributed by atoms with van der Waals surface area (Å²) in [7, 11) is 0.